The molecule has 0 saturated carbocycles. The van der Waals surface area contributed by atoms with Crippen LogP contribution in [0.1, 0.15) is 12.8 Å². The number of hydrogen-bond acceptors (Lipinski definition) is 4. The summed E-state index contributed by atoms with van der Waals surface area (Å²) in [5.74, 6) is -0.188. The first kappa shape index (κ1) is 16.2. The number of sulfonamides is 1. The van der Waals surface area contributed by atoms with Crippen LogP contribution in [0.2, 0.25) is 0 Å². The lowest BCUT2D eigenvalue weighted by Gasteiger charge is -2.31. The van der Waals surface area contributed by atoms with Gasteiger partial charge in [-0.1, -0.05) is 0 Å². The van der Waals surface area contributed by atoms with E-state index in [1.807, 2.05) is 0 Å². The quantitative estimate of drug-likeness (QED) is 0.852. The van der Waals surface area contributed by atoms with Crippen molar-refractivity contribution in [3.63, 3.8) is 0 Å². The van der Waals surface area contributed by atoms with Gasteiger partial charge in [0.15, 0.2) is 0 Å². The number of rotatable bonds is 4. The maximum atomic E-state index is 13.1. The standard InChI is InChI=1S/C14H22FN3O2S/c1-17-7-5-11(6-8-17)10-18(2)21(19,20)14-4-3-12(15)9-13(14)16/h3-4,9,11H,5-8,10,16H2,1-2H3. The van der Waals surface area contributed by atoms with E-state index in [-0.39, 0.29) is 10.6 Å². The van der Waals surface area contributed by atoms with Crippen LogP contribution in [0.15, 0.2) is 23.1 Å². The van der Waals surface area contributed by atoms with Crippen LogP contribution < -0.4 is 5.73 Å². The molecule has 0 atom stereocenters. The number of anilines is 1. The molecule has 1 fully saturated rings. The molecular weight excluding hydrogens is 293 g/mol. The Morgan fingerprint density at radius 1 is 1.38 bits per heavy atom. The molecule has 0 amide bonds. The minimum Gasteiger partial charge on any atom is -0.398 e. The summed E-state index contributed by atoms with van der Waals surface area (Å²) in [6.07, 6.45) is 1.96. The van der Waals surface area contributed by atoms with Gasteiger partial charge >= 0.3 is 0 Å². The Labute approximate surface area is 125 Å². The van der Waals surface area contributed by atoms with Gasteiger partial charge in [0, 0.05) is 13.6 Å². The molecule has 1 aromatic rings. The van der Waals surface area contributed by atoms with E-state index >= 15 is 0 Å². The van der Waals surface area contributed by atoms with Gasteiger partial charge in [-0.15, -0.1) is 0 Å². The average molecular weight is 315 g/mol. The highest BCUT2D eigenvalue weighted by Crippen LogP contribution is 2.25. The van der Waals surface area contributed by atoms with Crippen LogP contribution in [0.3, 0.4) is 0 Å². The molecular formula is C14H22FN3O2S. The SMILES string of the molecule is CN1CCC(CN(C)S(=O)(=O)c2ccc(F)cc2N)CC1. The third-order valence-corrected chi connectivity index (χ3v) is 5.91. The van der Waals surface area contributed by atoms with Crippen molar-refractivity contribution in [2.45, 2.75) is 17.7 Å². The van der Waals surface area contributed by atoms with Crippen LogP contribution >= 0.6 is 0 Å². The number of nitrogens with two attached hydrogens (primary N) is 1. The first-order valence-electron chi connectivity index (χ1n) is 7.00. The number of halogens is 1. The van der Waals surface area contributed by atoms with Crippen molar-refractivity contribution in [2.75, 3.05) is 39.5 Å². The molecule has 2 rings (SSSR count). The molecule has 0 spiro atoms. The molecule has 1 heterocycles. The van der Waals surface area contributed by atoms with Crippen molar-refractivity contribution in [3.05, 3.63) is 24.0 Å². The Balaban J connectivity index is 2.11. The average Bonchev–Trinajstić information content (AvgIpc) is 2.40. The molecule has 1 aliphatic rings. The molecule has 0 radical (unpaired) electrons. The summed E-state index contributed by atoms with van der Waals surface area (Å²) in [5.41, 5.74) is 5.59. The van der Waals surface area contributed by atoms with Crippen molar-refractivity contribution >= 4 is 15.7 Å². The summed E-state index contributed by atoms with van der Waals surface area (Å²) < 4.78 is 39.4. The predicted octanol–water partition coefficient (Wildman–Crippen LogP) is 1.37. The monoisotopic (exact) mass is 315 g/mol. The first-order valence-corrected chi connectivity index (χ1v) is 8.44. The van der Waals surface area contributed by atoms with Gasteiger partial charge in [0.05, 0.1) is 5.69 Å². The zero-order chi connectivity index (χ0) is 15.6. The Morgan fingerprint density at radius 2 is 2.00 bits per heavy atom. The number of nitrogen functional groups attached to an aromatic ring is 1. The highest BCUT2D eigenvalue weighted by atomic mass is 32.2. The van der Waals surface area contributed by atoms with E-state index in [9.17, 15) is 12.8 Å². The predicted molar refractivity (Wildman–Crippen MR) is 80.8 cm³/mol. The fourth-order valence-electron chi connectivity index (χ4n) is 2.63. The van der Waals surface area contributed by atoms with E-state index in [1.54, 1.807) is 7.05 Å². The van der Waals surface area contributed by atoms with Crippen LogP contribution in [0.5, 0.6) is 0 Å². The summed E-state index contributed by atoms with van der Waals surface area (Å²) in [7, 11) is -0.0539. The van der Waals surface area contributed by atoms with Crippen molar-refractivity contribution < 1.29 is 12.8 Å². The molecule has 0 unspecified atom stereocenters. The molecule has 0 aromatic heterocycles. The third kappa shape index (κ3) is 3.72. The minimum absolute atomic E-state index is 0.0284. The van der Waals surface area contributed by atoms with Crippen molar-refractivity contribution in [1.82, 2.24) is 9.21 Å². The highest BCUT2D eigenvalue weighted by molar-refractivity contribution is 7.89. The van der Waals surface area contributed by atoms with E-state index in [0.717, 1.165) is 38.1 Å². The second-order valence-corrected chi connectivity index (χ2v) is 7.73. The number of likely N-dealkylation sites (tertiary alicyclic amines) is 1. The minimum atomic E-state index is -3.67. The summed E-state index contributed by atoms with van der Waals surface area (Å²) >= 11 is 0. The molecule has 2 N–H and O–H groups in total. The molecule has 21 heavy (non-hydrogen) atoms. The van der Waals surface area contributed by atoms with E-state index in [0.29, 0.717) is 12.5 Å². The Hall–Kier alpha value is -1.18. The van der Waals surface area contributed by atoms with E-state index in [4.69, 9.17) is 5.73 Å². The maximum absolute atomic E-state index is 13.1. The summed E-state index contributed by atoms with van der Waals surface area (Å²) in [5, 5.41) is 0. The van der Waals surface area contributed by atoms with Gasteiger partial charge in [-0.3, -0.25) is 0 Å². The van der Waals surface area contributed by atoms with Crippen LogP contribution in [0.4, 0.5) is 10.1 Å². The first-order chi connectivity index (χ1) is 9.80. The van der Waals surface area contributed by atoms with Crippen LogP contribution in [-0.2, 0) is 10.0 Å². The molecule has 1 aliphatic heterocycles. The molecule has 0 bridgehead atoms. The van der Waals surface area contributed by atoms with Crippen molar-refractivity contribution in [1.29, 1.82) is 0 Å². The Kier molecular flexibility index (Phi) is 4.85. The normalized spacial score (nSPS) is 18.3. The highest BCUT2D eigenvalue weighted by Gasteiger charge is 2.27. The van der Waals surface area contributed by atoms with Gasteiger partial charge in [0.25, 0.3) is 0 Å². The molecule has 5 nitrogen and oxygen atoms in total. The van der Waals surface area contributed by atoms with Crippen molar-refractivity contribution in [2.24, 2.45) is 5.92 Å². The largest absolute Gasteiger partial charge is 0.398 e. The maximum Gasteiger partial charge on any atom is 0.244 e. The second-order valence-electron chi connectivity index (χ2n) is 5.71. The molecule has 118 valence electrons. The van der Waals surface area contributed by atoms with Gasteiger partial charge in [0.1, 0.15) is 10.7 Å². The summed E-state index contributed by atoms with van der Waals surface area (Å²) in [6.45, 7) is 2.43. The number of hydrogen-bond donors (Lipinski definition) is 1. The van der Waals surface area contributed by atoms with Crippen LogP contribution in [-0.4, -0.2) is 51.4 Å². The topological polar surface area (TPSA) is 66.6 Å². The number of piperidine rings is 1. The molecule has 1 saturated heterocycles. The Bertz CT molecular complexity index is 598. The van der Waals surface area contributed by atoms with Gasteiger partial charge < -0.3 is 10.6 Å². The smallest absolute Gasteiger partial charge is 0.244 e. The van der Waals surface area contributed by atoms with Gasteiger partial charge in [-0.25, -0.2) is 17.1 Å². The lowest BCUT2D eigenvalue weighted by Crippen LogP contribution is -2.38. The molecule has 1 aromatic carbocycles. The zero-order valence-electron chi connectivity index (χ0n) is 12.4. The number of nitrogens with zero attached hydrogens (tertiary/aromatic N) is 2. The third-order valence-electron chi connectivity index (χ3n) is 4.01. The zero-order valence-corrected chi connectivity index (χ0v) is 13.2. The molecule has 7 heteroatoms. The summed E-state index contributed by atoms with van der Waals surface area (Å²) in [4.78, 5) is 2.21. The van der Waals surface area contributed by atoms with Gasteiger partial charge in [-0.2, -0.15) is 0 Å². The fraction of sp³-hybridized carbons (Fsp3) is 0.571. The van der Waals surface area contributed by atoms with E-state index in [1.165, 1.54) is 10.4 Å². The van der Waals surface area contributed by atoms with Gasteiger partial charge in [-0.05, 0) is 57.1 Å². The van der Waals surface area contributed by atoms with E-state index < -0.39 is 15.8 Å². The Morgan fingerprint density at radius 3 is 2.57 bits per heavy atom. The number of benzene rings is 1. The lowest BCUT2D eigenvalue weighted by atomic mass is 9.97. The fourth-order valence-corrected chi connectivity index (χ4v) is 3.97. The lowest BCUT2D eigenvalue weighted by molar-refractivity contribution is 0.202. The van der Waals surface area contributed by atoms with Crippen molar-refractivity contribution in [3.8, 4) is 0 Å². The van der Waals surface area contributed by atoms with Crippen LogP contribution in [0.25, 0.3) is 0 Å². The molecule has 0 aliphatic carbocycles. The summed E-state index contributed by atoms with van der Waals surface area (Å²) in [6, 6.07) is 3.38. The van der Waals surface area contributed by atoms with Gasteiger partial charge in [0.2, 0.25) is 10.0 Å². The van der Waals surface area contributed by atoms with Crippen LogP contribution in [0, 0.1) is 11.7 Å². The second kappa shape index (κ2) is 6.29. The van der Waals surface area contributed by atoms with E-state index in [2.05, 4.69) is 11.9 Å².